The van der Waals surface area contributed by atoms with Crippen LogP contribution in [0.2, 0.25) is 0 Å². The van der Waals surface area contributed by atoms with Gasteiger partial charge in [0.25, 0.3) is 0 Å². The normalized spacial score (nSPS) is 17.1. The molecule has 19 heavy (non-hydrogen) atoms. The lowest BCUT2D eigenvalue weighted by Gasteiger charge is -2.23. The number of nitrogens with one attached hydrogen (secondary N) is 1. The maximum absolute atomic E-state index is 5.45. The van der Waals surface area contributed by atoms with E-state index in [1.54, 1.807) is 0 Å². The van der Waals surface area contributed by atoms with Crippen molar-refractivity contribution in [3.8, 4) is 0 Å². The number of para-hydroxylation sites is 1. The second kappa shape index (κ2) is 5.76. The Labute approximate surface area is 114 Å². The molecule has 1 fully saturated rings. The third-order valence-corrected chi connectivity index (χ3v) is 4.04. The first kappa shape index (κ1) is 12.7. The van der Waals surface area contributed by atoms with Crippen molar-refractivity contribution in [3.05, 3.63) is 36.0 Å². The van der Waals surface area contributed by atoms with Crippen molar-refractivity contribution in [3.63, 3.8) is 0 Å². The summed E-state index contributed by atoms with van der Waals surface area (Å²) in [6, 6.07) is 8.80. The maximum atomic E-state index is 5.45. The topological polar surface area (TPSA) is 26.2 Å². The summed E-state index contributed by atoms with van der Waals surface area (Å²) < 4.78 is 7.88. The van der Waals surface area contributed by atoms with E-state index in [-0.39, 0.29) is 0 Å². The molecular formula is C16H22N2O. The van der Waals surface area contributed by atoms with E-state index in [4.69, 9.17) is 4.74 Å². The quantitative estimate of drug-likeness (QED) is 0.912. The molecule has 3 heteroatoms. The van der Waals surface area contributed by atoms with E-state index >= 15 is 0 Å². The van der Waals surface area contributed by atoms with Crippen LogP contribution in [0.25, 0.3) is 10.9 Å². The highest BCUT2D eigenvalue weighted by atomic mass is 16.5. The molecule has 3 rings (SSSR count). The Balaban J connectivity index is 1.89. The highest BCUT2D eigenvalue weighted by molar-refractivity contribution is 5.83. The van der Waals surface area contributed by atoms with Gasteiger partial charge in [-0.05, 0) is 42.8 Å². The van der Waals surface area contributed by atoms with Crippen molar-refractivity contribution in [2.45, 2.75) is 25.9 Å². The molecule has 0 saturated carbocycles. The van der Waals surface area contributed by atoms with Gasteiger partial charge < -0.3 is 14.6 Å². The van der Waals surface area contributed by atoms with Crippen molar-refractivity contribution < 1.29 is 4.74 Å². The fourth-order valence-electron chi connectivity index (χ4n) is 3.03. The van der Waals surface area contributed by atoms with Gasteiger partial charge in [0.05, 0.1) is 5.52 Å². The van der Waals surface area contributed by atoms with E-state index in [9.17, 15) is 0 Å². The van der Waals surface area contributed by atoms with Gasteiger partial charge in [-0.2, -0.15) is 0 Å². The Kier molecular flexibility index (Phi) is 3.85. The smallest absolute Gasteiger partial charge is 0.0525 e. The van der Waals surface area contributed by atoms with Gasteiger partial charge in [0.2, 0.25) is 0 Å². The largest absolute Gasteiger partial charge is 0.381 e. The molecule has 0 bridgehead atoms. The minimum Gasteiger partial charge on any atom is -0.381 e. The van der Waals surface area contributed by atoms with Crippen LogP contribution in [0.1, 0.15) is 18.4 Å². The molecule has 0 spiro atoms. The van der Waals surface area contributed by atoms with Crippen LogP contribution in [0.3, 0.4) is 0 Å². The second-order valence-electron chi connectivity index (χ2n) is 5.41. The Bertz CT molecular complexity index is 541. The zero-order valence-corrected chi connectivity index (χ0v) is 11.6. The molecular weight excluding hydrogens is 236 g/mol. The van der Waals surface area contributed by atoms with Crippen molar-refractivity contribution in [2.75, 3.05) is 20.3 Å². The number of ether oxygens (including phenoxy) is 1. The van der Waals surface area contributed by atoms with Crippen LogP contribution in [-0.2, 0) is 17.8 Å². The van der Waals surface area contributed by atoms with Gasteiger partial charge in [-0.25, -0.2) is 0 Å². The lowest BCUT2D eigenvalue weighted by atomic mass is 10.0. The Morgan fingerprint density at radius 2 is 2.11 bits per heavy atom. The first-order valence-corrected chi connectivity index (χ1v) is 7.17. The van der Waals surface area contributed by atoms with Crippen LogP contribution in [0, 0.1) is 5.92 Å². The van der Waals surface area contributed by atoms with Gasteiger partial charge in [0.15, 0.2) is 0 Å². The van der Waals surface area contributed by atoms with Gasteiger partial charge >= 0.3 is 0 Å². The van der Waals surface area contributed by atoms with Crippen molar-refractivity contribution >= 4 is 10.9 Å². The first-order valence-electron chi connectivity index (χ1n) is 7.17. The molecule has 0 amide bonds. The molecule has 0 atom stereocenters. The predicted octanol–water partition coefficient (Wildman–Crippen LogP) is 2.79. The molecule has 1 aromatic carbocycles. The van der Waals surface area contributed by atoms with Gasteiger partial charge in [0, 0.05) is 32.5 Å². The van der Waals surface area contributed by atoms with Gasteiger partial charge in [-0.15, -0.1) is 0 Å². The summed E-state index contributed by atoms with van der Waals surface area (Å²) in [6.07, 6.45) is 4.61. The van der Waals surface area contributed by atoms with Crippen LogP contribution in [0.5, 0.6) is 0 Å². The van der Waals surface area contributed by atoms with Crippen molar-refractivity contribution in [2.24, 2.45) is 5.92 Å². The van der Waals surface area contributed by atoms with Crippen molar-refractivity contribution in [1.82, 2.24) is 9.88 Å². The molecule has 2 heterocycles. The van der Waals surface area contributed by atoms with Gasteiger partial charge in [-0.3, -0.25) is 0 Å². The molecule has 2 aromatic rings. The van der Waals surface area contributed by atoms with E-state index in [1.807, 2.05) is 7.05 Å². The standard InChI is InChI=1S/C16H22N2O/c1-17-11-15-4-2-3-14-5-8-18(16(14)15)12-13-6-9-19-10-7-13/h2-5,8,13,17H,6-7,9-12H2,1H3. The Morgan fingerprint density at radius 1 is 1.26 bits per heavy atom. The van der Waals surface area contributed by atoms with Crippen LogP contribution in [0.15, 0.2) is 30.5 Å². The van der Waals surface area contributed by atoms with Crippen LogP contribution < -0.4 is 5.32 Å². The van der Waals surface area contributed by atoms with Crippen molar-refractivity contribution in [1.29, 1.82) is 0 Å². The molecule has 1 aliphatic rings. The minimum atomic E-state index is 0.756. The summed E-state index contributed by atoms with van der Waals surface area (Å²) >= 11 is 0. The van der Waals surface area contributed by atoms with E-state index in [2.05, 4.69) is 40.3 Å². The van der Waals surface area contributed by atoms with E-state index in [0.717, 1.165) is 32.2 Å². The second-order valence-corrected chi connectivity index (χ2v) is 5.41. The highest BCUT2D eigenvalue weighted by Gasteiger charge is 2.15. The number of fused-ring (bicyclic) bond motifs is 1. The molecule has 1 aromatic heterocycles. The van der Waals surface area contributed by atoms with Gasteiger partial charge in [-0.1, -0.05) is 18.2 Å². The van der Waals surface area contributed by atoms with Crippen LogP contribution in [0.4, 0.5) is 0 Å². The fraction of sp³-hybridized carbons (Fsp3) is 0.500. The average molecular weight is 258 g/mol. The number of benzene rings is 1. The summed E-state index contributed by atoms with van der Waals surface area (Å²) in [4.78, 5) is 0. The monoisotopic (exact) mass is 258 g/mol. The third kappa shape index (κ3) is 2.67. The lowest BCUT2D eigenvalue weighted by molar-refractivity contribution is 0.0616. The molecule has 0 aliphatic carbocycles. The molecule has 0 radical (unpaired) electrons. The number of hydrogen-bond donors (Lipinski definition) is 1. The van der Waals surface area contributed by atoms with Gasteiger partial charge in [0.1, 0.15) is 0 Å². The third-order valence-electron chi connectivity index (χ3n) is 4.04. The molecule has 3 nitrogen and oxygen atoms in total. The maximum Gasteiger partial charge on any atom is 0.0525 e. The number of rotatable bonds is 4. The first-order chi connectivity index (χ1) is 9.38. The minimum absolute atomic E-state index is 0.756. The summed E-state index contributed by atoms with van der Waals surface area (Å²) in [5, 5.41) is 4.61. The Hall–Kier alpha value is -1.32. The summed E-state index contributed by atoms with van der Waals surface area (Å²) in [5.74, 6) is 0.756. The van der Waals surface area contributed by atoms with E-state index in [0.29, 0.717) is 0 Å². The number of aromatic nitrogens is 1. The van der Waals surface area contributed by atoms with E-state index < -0.39 is 0 Å². The zero-order chi connectivity index (χ0) is 13.1. The fourth-order valence-corrected chi connectivity index (χ4v) is 3.03. The highest BCUT2D eigenvalue weighted by Crippen LogP contribution is 2.24. The predicted molar refractivity (Wildman–Crippen MR) is 78.2 cm³/mol. The number of hydrogen-bond acceptors (Lipinski definition) is 2. The molecule has 1 N–H and O–H groups in total. The summed E-state index contributed by atoms with van der Waals surface area (Å²) in [5.41, 5.74) is 2.78. The van der Waals surface area contributed by atoms with Crippen LogP contribution >= 0.6 is 0 Å². The number of nitrogens with zero attached hydrogens (tertiary/aromatic N) is 1. The van der Waals surface area contributed by atoms with Crippen LogP contribution in [-0.4, -0.2) is 24.8 Å². The lowest BCUT2D eigenvalue weighted by Crippen LogP contribution is -2.20. The summed E-state index contributed by atoms with van der Waals surface area (Å²) in [6.45, 7) is 3.89. The molecule has 102 valence electrons. The zero-order valence-electron chi connectivity index (χ0n) is 11.6. The average Bonchev–Trinajstić information content (AvgIpc) is 2.85. The molecule has 1 aliphatic heterocycles. The molecule has 1 saturated heterocycles. The molecule has 0 unspecified atom stereocenters. The Morgan fingerprint density at radius 3 is 2.89 bits per heavy atom. The summed E-state index contributed by atoms with van der Waals surface area (Å²) in [7, 11) is 2.00. The SMILES string of the molecule is CNCc1cccc2ccn(CC3CCOCC3)c12. The van der Waals surface area contributed by atoms with E-state index in [1.165, 1.54) is 29.3 Å².